The molecular weight excluding hydrogens is 298 g/mol. The molecule has 0 aromatic carbocycles. The number of rotatable bonds is 4. The van der Waals surface area contributed by atoms with Gasteiger partial charge in [0.1, 0.15) is 5.60 Å². The third-order valence-electron chi connectivity index (χ3n) is 3.42. The van der Waals surface area contributed by atoms with Gasteiger partial charge in [-0.3, -0.25) is 0 Å². The fourth-order valence-corrected chi connectivity index (χ4v) is 2.32. The van der Waals surface area contributed by atoms with E-state index in [1.54, 1.807) is 16.8 Å². The van der Waals surface area contributed by atoms with E-state index in [-0.39, 0.29) is 24.1 Å². The lowest BCUT2D eigenvalue weighted by Crippen LogP contribution is -2.50. The number of hydrogen-bond donors (Lipinski definition) is 1. The van der Waals surface area contributed by atoms with Gasteiger partial charge in [-0.25, -0.2) is 9.59 Å². The van der Waals surface area contributed by atoms with E-state index in [1.807, 2.05) is 34.6 Å². The maximum Gasteiger partial charge on any atom is 0.410 e. The average molecular weight is 329 g/mol. The summed E-state index contributed by atoms with van der Waals surface area (Å²) < 4.78 is 10.7. The molecule has 7 heteroatoms. The van der Waals surface area contributed by atoms with Crippen molar-refractivity contribution in [3.05, 3.63) is 0 Å². The van der Waals surface area contributed by atoms with E-state index >= 15 is 0 Å². The molecule has 3 amide bonds. The van der Waals surface area contributed by atoms with Crippen molar-refractivity contribution in [3.63, 3.8) is 0 Å². The number of nitrogens with zero attached hydrogens (tertiary/aromatic N) is 2. The second kappa shape index (κ2) is 8.38. The monoisotopic (exact) mass is 329 g/mol. The third-order valence-corrected chi connectivity index (χ3v) is 3.42. The van der Waals surface area contributed by atoms with Crippen LogP contribution in [0.25, 0.3) is 0 Å². The highest BCUT2D eigenvalue weighted by Gasteiger charge is 2.23. The number of ether oxygens (including phenoxy) is 2. The SMILES string of the molecule is C[C@@H](CNC(=O)N1CCO[C@@H](C)C1)CN(C)C(=O)OC(C)(C)C. The minimum atomic E-state index is -0.504. The van der Waals surface area contributed by atoms with Gasteiger partial charge in [0.25, 0.3) is 0 Å². The second-order valence-electron chi connectivity index (χ2n) is 7.28. The Morgan fingerprint density at radius 1 is 1.43 bits per heavy atom. The summed E-state index contributed by atoms with van der Waals surface area (Å²) in [5, 5.41) is 2.92. The smallest absolute Gasteiger partial charge is 0.410 e. The Labute approximate surface area is 139 Å². The molecule has 0 saturated carbocycles. The normalized spacial score (nSPS) is 19.9. The van der Waals surface area contributed by atoms with Crippen LogP contribution in [0.3, 0.4) is 0 Å². The lowest BCUT2D eigenvalue weighted by Gasteiger charge is -2.31. The zero-order valence-corrected chi connectivity index (χ0v) is 15.2. The molecule has 1 heterocycles. The molecule has 1 aliphatic heterocycles. The summed E-state index contributed by atoms with van der Waals surface area (Å²) in [4.78, 5) is 27.3. The van der Waals surface area contributed by atoms with E-state index in [2.05, 4.69) is 5.32 Å². The molecule has 1 rings (SSSR count). The predicted molar refractivity (Wildman–Crippen MR) is 88.4 cm³/mol. The van der Waals surface area contributed by atoms with E-state index in [1.165, 1.54) is 0 Å². The quantitative estimate of drug-likeness (QED) is 0.855. The van der Waals surface area contributed by atoms with Gasteiger partial charge < -0.3 is 24.6 Å². The molecule has 0 aromatic heterocycles. The van der Waals surface area contributed by atoms with Crippen molar-refractivity contribution in [2.75, 3.05) is 39.8 Å². The lowest BCUT2D eigenvalue weighted by molar-refractivity contribution is -0.00364. The van der Waals surface area contributed by atoms with Crippen LogP contribution in [0.2, 0.25) is 0 Å². The van der Waals surface area contributed by atoms with Crippen molar-refractivity contribution < 1.29 is 19.1 Å². The van der Waals surface area contributed by atoms with Gasteiger partial charge in [0, 0.05) is 33.2 Å². The Morgan fingerprint density at radius 3 is 2.65 bits per heavy atom. The van der Waals surface area contributed by atoms with Gasteiger partial charge in [-0.15, -0.1) is 0 Å². The highest BCUT2D eigenvalue weighted by atomic mass is 16.6. The van der Waals surface area contributed by atoms with Gasteiger partial charge in [-0.2, -0.15) is 0 Å². The summed E-state index contributed by atoms with van der Waals surface area (Å²) in [7, 11) is 1.70. The Balaban J connectivity index is 2.31. The van der Waals surface area contributed by atoms with Gasteiger partial charge >= 0.3 is 12.1 Å². The molecule has 1 saturated heterocycles. The Morgan fingerprint density at radius 2 is 2.09 bits per heavy atom. The average Bonchev–Trinajstić information content (AvgIpc) is 2.42. The molecule has 0 radical (unpaired) electrons. The number of urea groups is 1. The van der Waals surface area contributed by atoms with Gasteiger partial charge in [0.2, 0.25) is 0 Å². The third kappa shape index (κ3) is 7.54. The summed E-state index contributed by atoms with van der Waals surface area (Å²) in [6, 6.07) is -0.0769. The van der Waals surface area contributed by atoms with Crippen LogP contribution in [0.15, 0.2) is 0 Å². The Bertz CT molecular complexity index is 409. The summed E-state index contributed by atoms with van der Waals surface area (Å²) in [5.41, 5.74) is -0.504. The first-order valence-corrected chi connectivity index (χ1v) is 8.17. The van der Waals surface area contributed by atoms with Crippen LogP contribution >= 0.6 is 0 Å². The van der Waals surface area contributed by atoms with Crippen LogP contribution in [0, 0.1) is 5.92 Å². The molecule has 134 valence electrons. The Kier molecular flexibility index (Phi) is 7.12. The fourth-order valence-electron chi connectivity index (χ4n) is 2.32. The first-order chi connectivity index (χ1) is 10.6. The van der Waals surface area contributed by atoms with Crippen LogP contribution in [0.1, 0.15) is 34.6 Å². The molecule has 1 fully saturated rings. The highest BCUT2D eigenvalue weighted by Crippen LogP contribution is 2.10. The largest absolute Gasteiger partial charge is 0.444 e. The molecule has 0 bridgehead atoms. The van der Waals surface area contributed by atoms with Crippen LogP contribution in [-0.4, -0.2) is 73.5 Å². The van der Waals surface area contributed by atoms with Gasteiger partial charge in [0.05, 0.1) is 12.7 Å². The number of carbonyl (C=O) groups is 2. The first kappa shape index (κ1) is 19.5. The summed E-state index contributed by atoms with van der Waals surface area (Å²) in [6.07, 6.45) is -0.275. The van der Waals surface area contributed by atoms with Crippen LogP contribution < -0.4 is 5.32 Å². The summed E-state index contributed by atoms with van der Waals surface area (Å²) >= 11 is 0. The molecule has 0 spiro atoms. The maximum atomic E-state index is 12.1. The molecule has 0 aromatic rings. The molecule has 1 N–H and O–H groups in total. The van der Waals surface area contributed by atoms with Crippen LogP contribution in [0.4, 0.5) is 9.59 Å². The number of nitrogens with one attached hydrogen (secondary N) is 1. The zero-order valence-electron chi connectivity index (χ0n) is 15.2. The van der Waals surface area contributed by atoms with Gasteiger partial charge in [0.15, 0.2) is 0 Å². The predicted octanol–water partition coefficient (Wildman–Crippen LogP) is 1.92. The number of amides is 3. The molecule has 1 aliphatic rings. The van der Waals surface area contributed by atoms with Crippen molar-refractivity contribution in [2.45, 2.75) is 46.3 Å². The van der Waals surface area contributed by atoms with Gasteiger partial charge in [-0.05, 0) is 33.6 Å². The van der Waals surface area contributed by atoms with E-state index in [0.29, 0.717) is 32.8 Å². The number of hydrogen-bond acceptors (Lipinski definition) is 4. The fraction of sp³-hybridized carbons (Fsp3) is 0.875. The number of morpholine rings is 1. The minimum Gasteiger partial charge on any atom is -0.444 e. The highest BCUT2D eigenvalue weighted by molar-refractivity contribution is 5.74. The minimum absolute atomic E-state index is 0.0743. The zero-order chi connectivity index (χ0) is 17.6. The van der Waals surface area contributed by atoms with Crippen molar-refractivity contribution in [2.24, 2.45) is 5.92 Å². The molecule has 23 heavy (non-hydrogen) atoms. The van der Waals surface area contributed by atoms with E-state index in [0.717, 1.165) is 0 Å². The standard InChI is InChI=1S/C16H31N3O4/c1-12(10-18(6)15(21)23-16(3,4)5)9-17-14(20)19-7-8-22-13(2)11-19/h12-13H,7-11H2,1-6H3,(H,17,20)/t12-,13-/m0/s1. The molecule has 0 unspecified atom stereocenters. The molecule has 0 aliphatic carbocycles. The lowest BCUT2D eigenvalue weighted by atomic mass is 10.1. The first-order valence-electron chi connectivity index (χ1n) is 8.17. The van der Waals surface area contributed by atoms with E-state index in [9.17, 15) is 9.59 Å². The van der Waals surface area contributed by atoms with Crippen LogP contribution in [0.5, 0.6) is 0 Å². The van der Waals surface area contributed by atoms with E-state index < -0.39 is 5.60 Å². The maximum absolute atomic E-state index is 12.1. The molecule has 7 nitrogen and oxygen atoms in total. The Hall–Kier alpha value is -1.50. The summed E-state index contributed by atoms with van der Waals surface area (Å²) in [5.74, 6) is 0.134. The molecule has 2 atom stereocenters. The van der Waals surface area contributed by atoms with Crippen molar-refractivity contribution in [1.82, 2.24) is 15.1 Å². The van der Waals surface area contributed by atoms with Gasteiger partial charge in [-0.1, -0.05) is 6.92 Å². The topological polar surface area (TPSA) is 71.1 Å². The molecular formula is C16H31N3O4. The summed E-state index contributed by atoms with van der Waals surface area (Å²) in [6.45, 7) is 12.3. The number of carbonyl (C=O) groups excluding carboxylic acids is 2. The van der Waals surface area contributed by atoms with Crippen LogP contribution in [-0.2, 0) is 9.47 Å². The van der Waals surface area contributed by atoms with Crippen molar-refractivity contribution >= 4 is 12.1 Å². The van der Waals surface area contributed by atoms with Crippen molar-refractivity contribution in [1.29, 1.82) is 0 Å². The second-order valence-corrected chi connectivity index (χ2v) is 7.28. The van der Waals surface area contributed by atoms with E-state index in [4.69, 9.17) is 9.47 Å². The van der Waals surface area contributed by atoms with Crippen molar-refractivity contribution in [3.8, 4) is 0 Å².